The predicted octanol–water partition coefficient (Wildman–Crippen LogP) is 3.43. The highest BCUT2D eigenvalue weighted by atomic mass is 16.2. The molecule has 1 aromatic heterocycles. The van der Waals surface area contributed by atoms with Crippen molar-refractivity contribution in [1.82, 2.24) is 19.7 Å². The summed E-state index contributed by atoms with van der Waals surface area (Å²) < 4.78 is 0. The van der Waals surface area contributed by atoms with Gasteiger partial charge in [0.05, 0.1) is 13.3 Å². The van der Waals surface area contributed by atoms with E-state index in [9.17, 15) is 9.59 Å². The minimum Gasteiger partial charge on any atom is -0.361 e. The first kappa shape index (κ1) is 20.0. The molecule has 7 rings (SSSR count). The third-order valence-electron chi connectivity index (χ3n) is 7.61. The van der Waals surface area contributed by atoms with Crippen LogP contribution in [0.5, 0.6) is 0 Å². The number of carbonyl (C=O) groups is 2. The monoisotopic (exact) mass is 453 g/mol. The summed E-state index contributed by atoms with van der Waals surface area (Å²) in [6.45, 7) is 2.62. The molecule has 0 bridgehead atoms. The molecule has 0 unspecified atom stereocenters. The zero-order valence-electron chi connectivity index (χ0n) is 19.0. The van der Waals surface area contributed by atoms with E-state index in [1.54, 1.807) is 0 Å². The number of rotatable bonds is 5. The van der Waals surface area contributed by atoms with Gasteiger partial charge in [-0.25, -0.2) is 0 Å². The van der Waals surface area contributed by atoms with Gasteiger partial charge in [-0.3, -0.25) is 24.4 Å². The topological polar surface area (TPSA) is 72.0 Å². The van der Waals surface area contributed by atoms with E-state index in [0.29, 0.717) is 13.3 Å². The molecule has 34 heavy (non-hydrogen) atoms. The number of hydrogen-bond donors (Lipinski definition) is 1. The highest BCUT2D eigenvalue weighted by Crippen LogP contribution is 2.46. The number of aliphatic imine (C=N–C) groups is 1. The molecule has 0 radical (unpaired) electrons. The first-order chi connectivity index (χ1) is 16.6. The smallest absolute Gasteiger partial charge is 0.257 e. The molecule has 2 saturated carbocycles. The van der Waals surface area contributed by atoms with Crippen LogP contribution < -0.4 is 0 Å². The van der Waals surface area contributed by atoms with Crippen LogP contribution in [-0.4, -0.2) is 69.3 Å². The van der Waals surface area contributed by atoms with Gasteiger partial charge in [-0.15, -0.1) is 0 Å². The van der Waals surface area contributed by atoms with Gasteiger partial charge in [0, 0.05) is 36.3 Å². The summed E-state index contributed by atoms with van der Waals surface area (Å²) >= 11 is 0. The number of amides is 2. The van der Waals surface area contributed by atoms with Crippen LogP contribution >= 0.6 is 0 Å². The summed E-state index contributed by atoms with van der Waals surface area (Å²) in [6.07, 6.45) is 5.65. The number of hydrogen-bond acceptors (Lipinski definition) is 4. The van der Waals surface area contributed by atoms with Gasteiger partial charge in [0.15, 0.2) is 0 Å². The fourth-order valence-electron chi connectivity index (χ4n) is 5.23. The van der Waals surface area contributed by atoms with Gasteiger partial charge < -0.3 is 9.88 Å². The summed E-state index contributed by atoms with van der Waals surface area (Å²) in [7, 11) is 0. The molecule has 2 aliphatic heterocycles. The highest BCUT2D eigenvalue weighted by Gasteiger charge is 2.57. The molecule has 1 spiro atoms. The van der Waals surface area contributed by atoms with Crippen molar-refractivity contribution in [3.8, 4) is 11.1 Å². The number of fused-ring (bicyclic) bond motifs is 1. The summed E-state index contributed by atoms with van der Waals surface area (Å²) in [5, 5.41) is 1.19. The molecule has 2 amide bonds. The fourth-order valence-corrected chi connectivity index (χ4v) is 5.23. The lowest BCUT2D eigenvalue weighted by molar-refractivity contribution is -0.132. The molecule has 2 aliphatic carbocycles. The Morgan fingerprint density at radius 2 is 1.76 bits per heavy atom. The Kier molecular flexibility index (Phi) is 4.27. The van der Waals surface area contributed by atoms with Gasteiger partial charge in [-0.2, -0.15) is 0 Å². The van der Waals surface area contributed by atoms with E-state index < -0.39 is 5.54 Å². The summed E-state index contributed by atoms with van der Waals surface area (Å²) in [6, 6.07) is 16.9. The number of benzene rings is 2. The van der Waals surface area contributed by atoms with Crippen LogP contribution in [0.4, 0.5) is 0 Å². The van der Waals surface area contributed by atoms with Crippen LogP contribution in [0.2, 0.25) is 0 Å². The number of aromatic amines is 1. The van der Waals surface area contributed by atoms with Gasteiger partial charge in [0.2, 0.25) is 5.91 Å². The Bertz CT molecular complexity index is 1330. The van der Waals surface area contributed by atoms with Gasteiger partial charge >= 0.3 is 0 Å². The number of aromatic nitrogens is 1. The number of nitrogens with zero attached hydrogens (tertiary/aromatic N) is 4. The minimum atomic E-state index is -0.545. The van der Waals surface area contributed by atoms with E-state index in [1.165, 1.54) is 5.39 Å². The largest absolute Gasteiger partial charge is 0.361 e. The molecule has 7 heteroatoms. The number of carbonyl (C=O) groups excluding carboxylic acids is 2. The SMILES string of the molecule is O=C(C1CC1)N1CCN(CN2C(=O)C3(CC3)N=C2c2ccc(-c3ccc4[nH]ccc4c3)cc2)C1. The number of nitrogens with one attached hydrogen (secondary N) is 1. The zero-order valence-corrected chi connectivity index (χ0v) is 19.0. The van der Waals surface area contributed by atoms with E-state index in [0.717, 1.165) is 66.8 Å². The summed E-state index contributed by atoms with van der Waals surface area (Å²) in [5.74, 6) is 1.38. The molecular weight excluding hydrogens is 426 g/mol. The van der Waals surface area contributed by atoms with Gasteiger partial charge in [-0.05, 0) is 60.4 Å². The highest BCUT2D eigenvalue weighted by molar-refractivity contribution is 6.16. The summed E-state index contributed by atoms with van der Waals surface area (Å²) in [5.41, 5.74) is 3.85. The van der Waals surface area contributed by atoms with E-state index in [2.05, 4.69) is 58.4 Å². The van der Waals surface area contributed by atoms with Crippen LogP contribution in [0.3, 0.4) is 0 Å². The van der Waals surface area contributed by atoms with Crippen molar-refractivity contribution < 1.29 is 9.59 Å². The Morgan fingerprint density at radius 1 is 1.00 bits per heavy atom. The maximum atomic E-state index is 13.3. The van der Waals surface area contributed by atoms with Crippen molar-refractivity contribution in [2.45, 2.75) is 31.2 Å². The molecule has 1 N–H and O–H groups in total. The lowest BCUT2D eigenvalue weighted by atomic mass is 10.0. The maximum Gasteiger partial charge on any atom is 0.257 e. The average Bonchev–Trinajstić information content (AvgIpc) is 3.74. The second-order valence-electron chi connectivity index (χ2n) is 10.1. The molecule has 2 aromatic carbocycles. The fraction of sp³-hybridized carbons (Fsp3) is 0.370. The van der Waals surface area contributed by atoms with Gasteiger partial charge in [0.25, 0.3) is 5.91 Å². The average molecular weight is 454 g/mol. The second kappa shape index (κ2) is 7.27. The zero-order chi connectivity index (χ0) is 22.9. The third-order valence-corrected chi connectivity index (χ3v) is 7.61. The molecule has 3 aromatic rings. The quantitative estimate of drug-likeness (QED) is 0.644. The molecular formula is C27H27N5O2. The maximum absolute atomic E-state index is 13.3. The van der Waals surface area contributed by atoms with Crippen molar-refractivity contribution in [3.05, 3.63) is 60.3 Å². The van der Waals surface area contributed by atoms with E-state index in [4.69, 9.17) is 4.99 Å². The van der Waals surface area contributed by atoms with Crippen molar-refractivity contribution >= 4 is 28.6 Å². The molecule has 172 valence electrons. The molecule has 3 heterocycles. The standard InChI is InChI=1S/C27H27N5O2/c33-25(20-5-6-20)31-14-13-30(16-31)17-32-24(29-27(10-11-27)26(32)34)19-3-1-18(2-4-19)21-7-8-23-22(15-21)9-12-28-23/h1-4,7-9,12,15,20,28H,5-6,10-11,13-14,16-17H2. The lowest BCUT2D eigenvalue weighted by Crippen LogP contribution is -2.44. The van der Waals surface area contributed by atoms with E-state index in [1.807, 2.05) is 16.0 Å². The van der Waals surface area contributed by atoms with Gasteiger partial charge in [0.1, 0.15) is 11.4 Å². The van der Waals surface area contributed by atoms with Crippen LogP contribution in [0.15, 0.2) is 59.7 Å². The normalized spacial score (nSPS) is 21.6. The third kappa shape index (κ3) is 3.26. The lowest BCUT2D eigenvalue weighted by Gasteiger charge is -2.26. The Hall–Kier alpha value is -3.45. The molecule has 1 saturated heterocycles. The van der Waals surface area contributed by atoms with Crippen LogP contribution in [0.1, 0.15) is 31.2 Å². The first-order valence-corrected chi connectivity index (χ1v) is 12.2. The number of H-pyrrole nitrogens is 1. The predicted molar refractivity (Wildman–Crippen MR) is 130 cm³/mol. The Labute approximate surface area is 198 Å². The molecule has 3 fully saturated rings. The first-order valence-electron chi connectivity index (χ1n) is 12.2. The van der Waals surface area contributed by atoms with Gasteiger partial charge in [-0.1, -0.05) is 30.3 Å². The second-order valence-corrected chi connectivity index (χ2v) is 10.1. The molecule has 7 nitrogen and oxygen atoms in total. The van der Waals surface area contributed by atoms with Crippen LogP contribution in [0.25, 0.3) is 22.0 Å². The summed E-state index contributed by atoms with van der Waals surface area (Å²) in [4.78, 5) is 39.9. The molecule has 4 aliphatic rings. The molecule has 0 atom stereocenters. The number of amidine groups is 1. The van der Waals surface area contributed by atoms with E-state index in [-0.39, 0.29) is 17.7 Å². The Balaban J connectivity index is 1.12. The van der Waals surface area contributed by atoms with Crippen molar-refractivity contribution in [3.63, 3.8) is 0 Å². The Morgan fingerprint density at radius 3 is 2.53 bits per heavy atom. The van der Waals surface area contributed by atoms with Crippen LogP contribution in [-0.2, 0) is 9.59 Å². The van der Waals surface area contributed by atoms with Crippen molar-refractivity contribution in [2.24, 2.45) is 10.9 Å². The van der Waals surface area contributed by atoms with E-state index >= 15 is 0 Å². The van der Waals surface area contributed by atoms with Crippen molar-refractivity contribution in [1.29, 1.82) is 0 Å². The van der Waals surface area contributed by atoms with Crippen molar-refractivity contribution in [2.75, 3.05) is 26.4 Å². The van der Waals surface area contributed by atoms with Crippen LogP contribution in [0, 0.1) is 5.92 Å². The minimum absolute atomic E-state index is 0.108.